The molecule has 1 amide bonds. The lowest BCUT2D eigenvalue weighted by Gasteiger charge is -2.41. The molecule has 3 aliphatic rings. The van der Waals surface area contributed by atoms with Gasteiger partial charge in [0.15, 0.2) is 0 Å². The molecule has 1 aromatic heterocycles. The van der Waals surface area contributed by atoms with Crippen LogP contribution in [0.15, 0.2) is 18.3 Å². The number of hydrogen-bond acceptors (Lipinski definition) is 4. The van der Waals surface area contributed by atoms with Gasteiger partial charge >= 0.3 is 0 Å². The molecule has 3 fully saturated rings. The highest BCUT2D eigenvalue weighted by molar-refractivity contribution is 5.86. The molecule has 5 nitrogen and oxygen atoms in total. The average Bonchev–Trinajstić information content (AvgIpc) is 2.92. The van der Waals surface area contributed by atoms with Crippen LogP contribution >= 0.6 is 0 Å². The monoisotopic (exact) mass is 343 g/mol. The van der Waals surface area contributed by atoms with E-state index >= 15 is 0 Å². The van der Waals surface area contributed by atoms with Gasteiger partial charge in [-0.1, -0.05) is 6.07 Å². The van der Waals surface area contributed by atoms with Gasteiger partial charge in [-0.05, 0) is 63.5 Å². The number of hydrogen-bond donors (Lipinski definition) is 1. The van der Waals surface area contributed by atoms with Gasteiger partial charge in [0.05, 0.1) is 11.5 Å². The largest absolute Gasteiger partial charge is 0.393 e. The molecule has 1 atom stereocenters. The second kappa shape index (κ2) is 6.60. The number of aliphatic hydroxyl groups excluding tert-OH is 1. The molecule has 1 aliphatic carbocycles. The highest BCUT2D eigenvalue weighted by Gasteiger charge is 2.50. The zero-order valence-corrected chi connectivity index (χ0v) is 15.2. The molecule has 1 unspecified atom stereocenters. The Morgan fingerprint density at radius 1 is 1.20 bits per heavy atom. The highest BCUT2D eigenvalue weighted by Crippen LogP contribution is 2.43. The first-order valence-electron chi connectivity index (χ1n) is 9.75. The highest BCUT2D eigenvalue weighted by atomic mass is 16.3. The van der Waals surface area contributed by atoms with Crippen molar-refractivity contribution < 1.29 is 9.90 Å². The Bertz CT molecular complexity index is 642. The van der Waals surface area contributed by atoms with E-state index in [4.69, 9.17) is 0 Å². The minimum atomic E-state index is -0.224. The molecular weight excluding hydrogens is 314 g/mol. The third-order valence-electron chi connectivity index (χ3n) is 6.51. The van der Waals surface area contributed by atoms with Crippen molar-refractivity contribution in [2.45, 2.75) is 64.0 Å². The van der Waals surface area contributed by atoms with Crippen molar-refractivity contribution in [1.82, 2.24) is 9.88 Å². The fraction of sp³-hybridized carbons (Fsp3) is 0.700. The van der Waals surface area contributed by atoms with E-state index in [1.54, 1.807) is 0 Å². The molecule has 3 heterocycles. The van der Waals surface area contributed by atoms with E-state index in [0.29, 0.717) is 11.9 Å². The van der Waals surface area contributed by atoms with Crippen molar-refractivity contribution in [3.63, 3.8) is 0 Å². The average molecular weight is 343 g/mol. The van der Waals surface area contributed by atoms with Crippen molar-refractivity contribution in [3.05, 3.63) is 23.9 Å². The molecule has 1 saturated carbocycles. The Morgan fingerprint density at radius 3 is 2.76 bits per heavy atom. The predicted molar refractivity (Wildman–Crippen MR) is 97.4 cm³/mol. The van der Waals surface area contributed by atoms with Gasteiger partial charge in [-0.15, -0.1) is 0 Å². The fourth-order valence-corrected chi connectivity index (χ4v) is 5.07. The van der Waals surface area contributed by atoms with Crippen LogP contribution in [0.25, 0.3) is 0 Å². The molecule has 25 heavy (non-hydrogen) atoms. The summed E-state index contributed by atoms with van der Waals surface area (Å²) in [5, 5.41) is 9.75. The minimum Gasteiger partial charge on any atom is -0.393 e. The number of piperidine rings is 1. The van der Waals surface area contributed by atoms with E-state index in [9.17, 15) is 9.90 Å². The summed E-state index contributed by atoms with van der Waals surface area (Å²) >= 11 is 0. The Labute approximate surface area is 150 Å². The van der Waals surface area contributed by atoms with Gasteiger partial charge < -0.3 is 14.9 Å². The third kappa shape index (κ3) is 3.03. The number of likely N-dealkylation sites (tertiary alicyclic amines) is 1. The van der Waals surface area contributed by atoms with Crippen LogP contribution < -0.4 is 4.90 Å². The maximum absolute atomic E-state index is 13.3. The Balaban J connectivity index is 1.50. The zero-order valence-electron chi connectivity index (χ0n) is 15.2. The fourth-order valence-electron chi connectivity index (χ4n) is 5.07. The second-order valence-electron chi connectivity index (χ2n) is 8.16. The topological polar surface area (TPSA) is 56.7 Å². The molecule has 136 valence electrons. The molecule has 4 rings (SSSR count). The van der Waals surface area contributed by atoms with Crippen molar-refractivity contribution >= 4 is 11.7 Å². The normalized spacial score (nSPS) is 33.3. The maximum Gasteiger partial charge on any atom is 0.230 e. The molecule has 2 saturated heterocycles. The SMILES string of the molecule is Cc1cccnc1N1CCCC2(CCN([C@H]3CC[C@H](O)CC3)C2=O)C1. The Hall–Kier alpha value is -1.62. The van der Waals surface area contributed by atoms with Crippen LogP contribution in [0.5, 0.6) is 0 Å². The van der Waals surface area contributed by atoms with Gasteiger partial charge in [0.1, 0.15) is 5.82 Å². The van der Waals surface area contributed by atoms with Crippen LogP contribution in [-0.4, -0.2) is 52.7 Å². The smallest absolute Gasteiger partial charge is 0.230 e. The quantitative estimate of drug-likeness (QED) is 0.896. The lowest BCUT2D eigenvalue weighted by atomic mass is 9.78. The lowest BCUT2D eigenvalue weighted by Crippen LogP contribution is -2.50. The molecule has 1 aromatic rings. The summed E-state index contributed by atoms with van der Waals surface area (Å²) in [6.07, 6.45) is 8.27. The van der Waals surface area contributed by atoms with Crippen molar-refractivity contribution in [1.29, 1.82) is 0 Å². The minimum absolute atomic E-state index is 0.166. The maximum atomic E-state index is 13.3. The number of amides is 1. The van der Waals surface area contributed by atoms with Crippen molar-refractivity contribution in [2.24, 2.45) is 5.41 Å². The summed E-state index contributed by atoms with van der Waals surface area (Å²) in [4.78, 5) is 22.4. The zero-order chi connectivity index (χ0) is 17.4. The summed E-state index contributed by atoms with van der Waals surface area (Å²) in [6, 6.07) is 4.40. The van der Waals surface area contributed by atoms with Gasteiger partial charge in [0.25, 0.3) is 0 Å². The van der Waals surface area contributed by atoms with E-state index in [-0.39, 0.29) is 11.5 Å². The van der Waals surface area contributed by atoms with E-state index in [1.165, 1.54) is 5.56 Å². The van der Waals surface area contributed by atoms with Gasteiger partial charge in [-0.25, -0.2) is 4.98 Å². The van der Waals surface area contributed by atoms with Gasteiger partial charge in [0.2, 0.25) is 5.91 Å². The number of carbonyl (C=O) groups excluding carboxylic acids is 1. The van der Waals surface area contributed by atoms with E-state index in [2.05, 4.69) is 27.8 Å². The van der Waals surface area contributed by atoms with Crippen LogP contribution in [0.2, 0.25) is 0 Å². The number of carbonyl (C=O) groups is 1. The van der Waals surface area contributed by atoms with Crippen LogP contribution in [-0.2, 0) is 4.79 Å². The standard InChI is InChI=1S/C20H29N3O2/c1-15-4-2-11-21-18(15)22-12-3-9-20(14-22)10-13-23(19(20)25)16-5-7-17(24)8-6-16/h2,4,11,16-17,24H,3,5-10,12-14H2,1H3/t16-,17-,20?. The first-order chi connectivity index (χ1) is 12.1. The first kappa shape index (κ1) is 16.8. The van der Waals surface area contributed by atoms with Crippen LogP contribution in [0.3, 0.4) is 0 Å². The number of anilines is 1. The number of rotatable bonds is 2. The number of aliphatic hydroxyl groups is 1. The summed E-state index contributed by atoms with van der Waals surface area (Å²) < 4.78 is 0. The molecular formula is C20H29N3O2. The van der Waals surface area contributed by atoms with Crippen LogP contribution in [0.4, 0.5) is 5.82 Å². The van der Waals surface area contributed by atoms with Crippen molar-refractivity contribution in [3.8, 4) is 0 Å². The van der Waals surface area contributed by atoms with E-state index < -0.39 is 0 Å². The summed E-state index contributed by atoms with van der Waals surface area (Å²) in [5.74, 6) is 1.39. The summed E-state index contributed by atoms with van der Waals surface area (Å²) in [6.45, 7) is 4.77. The first-order valence-corrected chi connectivity index (χ1v) is 9.75. The Kier molecular flexibility index (Phi) is 4.44. The van der Waals surface area contributed by atoms with Crippen molar-refractivity contribution in [2.75, 3.05) is 24.5 Å². The molecule has 5 heteroatoms. The van der Waals surface area contributed by atoms with Gasteiger partial charge in [-0.3, -0.25) is 4.79 Å². The van der Waals surface area contributed by atoms with E-state index in [1.807, 2.05) is 12.3 Å². The molecule has 0 radical (unpaired) electrons. The van der Waals surface area contributed by atoms with E-state index in [0.717, 1.165) is 70.4 Å². The second-order valence-corrected chi connectivity index (χ2v) is 8.16. The van der Waals surface area contributed by atoms with Crippen LogP contribution in [0, 0.1) is 12.3 Å². The molecule has 2 aliphatic heterocycles. The number of nitrogens with zero attached hydrogens (tertiary/aromatic N) is 3. The Morgan fingerprint density at radius 2 is 2.00 bits per heavy atom. The number of aryl methyl sites for hydroxylation is 1. The molecule has 1 N–H and O–H groups in total. The van der Waals surface area contributed by atoms with Gasteiger partial charge in [-0.2, -0.15) is 0 Å². The summed E-state index contributed by atoms with van der Waals surface area (Å²) in [5.41, 5.74) is 0.960. The number of pyridine rings is 1. The van der Waals surface area contributed by atoms with Crippen LogP contribution in [0.1, 0.15) is 50.5 Å². The molecule has 1 spiro atoms. The van der Waals surface area contributed by atoms with Gasteiger partial charge in [0, 0.05) is 31.9 Å². The predicted octanol–water partition coefficient (Wildman–Crippen LogP) is 2.51. The number of aromatic nitrogens is 1. The lowest BCUT2D eigenvalue weighted by molar-refractivity contribution is -0.139. The molecule has 0 bridgehead atoms. The summed E-state index contributed by atoms with van der Waals surface area (Å²) in [7, 11) is 0. The third-order valence-corrected chi connectivity index (χ3v) is 6.51. The molecule has 0 aromatic carbocycles.